The van der Waals surface area contributed by atoms with Crippen molar-refractivity contribution in [3.63, 3.8) is 0 Å². The van der Waals surface area contributed by atoms with E-state index in [-0.39, 0.29) is 24.0 Å². The molecule has 2 N–H and O–H groups in total. The minimum Gasteiger partial charge on any atom is -0.356 e. The molecule has 2 aromatic heterocycles. The minimum atomic E-state index is 0. The molecule has 0 saturated carbocycles. The zero-order valence-corrected chi connectivity index (χ0v) is 20.1. The van der Waals surface area contributed by atoms with Crippen molar-refractivity contribution in [2.75, 3.05) is 20.1 Å². The second kappa shape index (κ2) is 11.9. The topological polar surface area (TPSA) is 88.2 Å². The van der Waals surface area contributed by atoms with Crippen LogP contribution in [0, 0.1) is 6.92 Å². The summed E-state index contributed by atoms with van der Waals surface area (Å²) in [6.45, 7) is 5.70. The smallest absolute Gasteiger partial charge is 0.257 e. The van der Waals surface area contributed by atoms with Crippen molar-refractivity contribution in [2.24, 2.45) is 4.99 Å². The van der Waals surface area contributed by atoms with E-state index in [0.717, 1.165) is 54.7 Å². The number of hydrogen-bond acceptors (Lipinski definition) is 6. The van der Waals surface area contributed by atoms with Crippen molar-refractivity contribution in [2.45, 2.75) is 33.1 Å². The Morgan fingerprint density at radius 3 is 2.45 bits per heavy atom. The third-order valence-electron chi connectivity index (χ3n) is 4.22. The van der Waals surface area contributed by atoms with Crippen LogP contribution in [-0.2, 0) is 19.3 Å². The van der Waals surface area contributed by atoms with E-state index in [1.165, 1.54) is 10.4 Å². The summed E-state index contributed by atoms with van der Waals surface area (Å²) in [7, 11) is 1.78. The van der Waals surface area contributed by atoms with Crippen LogP contribution >= 0.6 is 35.3 Å². The number of thiazole rings is 1. The molecule has 0 unspecified atom stereocenters. The van der Waals surface area contributed by atoms with Crippen LogP contribution in [0.1, 0.15) is 28.2 Å². The monoisotopic (exact) mass is 526 g/mol. The van der Waals surface area contributed by atoms with E-state index in [2.05, 4.69) is 49.8 Å². The zero-order valence-electron chi connectivity index (χ0n) is 16.9. The predicted octanol–water partition coefficient (Wildman–Crippen LogP) is 3.63. The van der Waals surface area contributed by atoms with Gasteiger partial charge in [-0.15, -0.1) is 35.3 Å². The van der Waals surface area contributed by atoms with Gasteiger partial charge in [-0.2, -0.15) is 4.98 Å². The summed E-state index contributed by atoms with van der Waals surface area (Å²) < 4.78 is 5.28. The lowest BCUT2D eigenvalue weighted by Crippen LogP contribution is -2.39. The van der Waals surface area contributed by atoms with Crippen LogP contribution in [0.5, 0.6) is 0 Å². The van der Waals surface area contributed by atoms with Gasteiger partial charge in [-0.25, -0.2) is 4.98 Å². The van der Waals surface area contributed by atoms with Gasteiger partial charge in [0.05, 0.1) is 5.01 Å². The van der Waals surface area contributed by atoms with Gasteiger partial charge in [0, 0.05) is 49.6 Å². The van der Waals surface area contributed by atoms with Gasteiger partial charge < -0.3 is 15.2 Å². The number of halogens is 1. The molecule has 3 aromatic rings. The Kier molecular flexibility index (Phi) is 9.52. The third-order valence-corrected chi connectivity index (χ3v) is 5.19. The number of benzene rings is 1. The van der Waals surface area contributed by atoms with Crippen molar-refractivity contribution in [3.8, 4) is 11.5 Å². The Balaban J connectivity index is 0.00000300. The van der Waals surface area contributed by atoms with E-state index < -0.39 is 0 Å². The molecule has 0 fully saturated rings. The van der Waals surface area contributed by atoms with Gasteiger partial charge >= 0.3 is 0 Å². The van der Waals surface area contributed by atoms with Crippen LogP contribution in [0.15, 0.2) is 40.0 Å². The summed E-state index contributed by atoms with van der Waals surface area (Å²) in [5.74, 6) is 2.11. The molecule has 0 bridgehead atoms. The fraction of sp³-hybridized carbons (Fsp3) is 0.400. The first-order chi connectivity index (χ1) is 13.7. The highest BCUT2D eigenvalue weighted by molar-refractivity contribution is 14.0. The molecule has 156 valence electrons. The molecule has 0 aliphatic heterocycles. The molecule has 0 atom stereocenters. The van der Waals surface area contributed by atoms with E-state index in [1.54, 1.807) is 18.4 Å². The maximum absolute atomic E-state index is 5.28. The van der Waals surface area contributed by atoms with Crippen molar-refractivity contribution in [3.05, 3.63) is 51.7 Å². The lowest BCUT2D eigenvalue weighted by atomic mass is 10.1. The van der Waals surface area contributed by atoms with Crippen LogP contribution in [0.3, 0.4) is 0 Å². The molecule has 7 nitrogen and oxygen atoms in total. The second-order valence-corrected chi connectivity index (χ2v) is 7.68. The van der Waals surface area contributed by atoms with Gasteiger partial charge in [-0.3, -0.25) is 4.99 Å². The van der Waals surface area contributed by atoms with E-state index in [0.29, 0.717) is 5.89 Å². The van der Waals surface area contributed by atoms with Gasteiger partial charge in [0.15, 0.2) is 11.8 Å². The van der Waals surface area contributed by atoms with E-state index in [1.807, 2.05) is 25.3 Å². The second-order valence-electron chi connectivity index (χ2n) is 6.36. The quantitative estimate of drug-likeness (QED) is 0.265. The molecule has 29 heavy (non-hydrogen) atoms. The van der Waals surface area contributed by atoms with Gasteiger partial charge in [-0.1, -0.05) is 24.2 Å². The van der Waals surface area contributed by atoms with Gasteiger partial charge in [0.25, 0.3) is 5.89 Å². The van der Waals surface area contributed by atoms with Crippen molar-refractivity contribution in [1.29, 1.82) is 0 Å². The first kappa shape index (κ1) is 23.3. The largest absolute Gasteiger partial charge is 0.356 e. The lowest BCUT2D eigenvalue weighted by molar-refractivity contribution is 0.423. The Labute approximate surface area is 192 Å². The fourth-order valence-corrected chi connectivity index (χ4v) is 3.47. The SMILES string of the molecule is CCc1noc(-c2ccc(CCNC(=NC)NCCc3ncc(C)s3)cc2)n1.I. The van der Waals surface area contributed by atoms with Gasteiger partial charge in [-0.05, 0) is 31.0 Å². The van der Waals surface area contributed by atoms with Crippen LogP contribution in [0.4, 0.5) is 0 Å². The Bertz CT molecular complexity index is 906. The molecule has 0 aliphatic carbocycles. The normalized spacial score (nSPS) is 11.2. The fourth-order valence-electron chi connectivity index (χ4n) is 2.68. The maximum Gasteiger partial charge on any atom is 0.257 e. The Morgan fingerprint density at radius 1 is 1.14 bits per heavy atom. The van der Waals surface area contributed by atoms with E-state index in [9.17, 15) is 0 Å². The van der Waals surface area contributed by atoms with Gasteiger partial charge in [0.2, 0.25) is 0 Å². The minimum absolute atomic E-state index is 0. The standard InChI is InChI=1S/C20H26N6OS.HI/c1-4-17-25-19(27-26-17)16-7-5-15(6-8-16)9-11-22-20(21-3)23-12-10-18-24-13-14(2)28-18;/h5-8,13H,4,9-12H2,1-3H3,(H2,21,22,23);1H. The molecule has 1 aromatic carbocycles. The van der Waals surface area contributed by atoms with Crippen LogP contribution in [0.25, 0.3) is 11.5 Å². The van der Waals surface area contributed by atoms with Crippen LogP contribution in [0.2, 0.25) is 0 Å². The number of rotatable bonds is 8. The molecular formula is C20H27IN6OS. The highest BCUT2D eigenvalue weighted by Gasteiger charge is 2.07. The molecule has 3 rings (SSSR count). The molecule has 9 heteroatoms. The first-order valence-electron chi connectivity index (χ1n) is 9.45. The summed E-state index contributed by atoms with van der Waals surface area (Å²) in [5.41, 5.74) is 2.18. The molecule has 0 radical (unpaired) electrons. The number of aryl methyl sites for hydroxylation is 2. The predicted molar refractivity (Wildman–Crippen MR) is 128 cm³/mol. The van der Waals surface area contributed by atoms with E-state index in [4.69, 9.17) is 4.52 Å². The van der Waals surface area contributed by atoms with E-state index >= 15 is 0 Å². The summed E-state index contributed by atoms with van der Waals surface area (Å²) >= 11 is 1.74. The Hall–Kier alpha value is -2.01. The van der Waals surface area contributed by atoms with Crippen LogP contribution < -0.4 is 10.6 Å². The molecule has 0 spiro atoms. The van der Waals surface area contributed by atoms with Gasteiger partial charge in [0.1, 0.15) is 0 Å². The number of hydrogen-bond donors (Lipinski definition) is 2. The molecule has 0 aliphatic rings. The highest BCUT2D eigenvalue weighted by Crippen LogP contribution is 2.18. The maximum atomic E-state index is 5.28. The zero-order chi connectivity index (χ0) is 19.8. The summed E-state index contributed by atoms with van der Waals surface area (Å²) in [5, 5.41) is 11.8. The third kappa shape index (κ3) is 7.07. The number of nitrogens with one attached hydrogen (secondary N) is 2. The molecular weight excluding hydrogens is 499 g/mol. The Morgan fingerprint density at radius 2 is 1.86 bits per heavy atom. The van der Waals surface area contributed by atoms with Crippen LogP contribution in [-0.4, -0.2) is 41.2 Å². The number of aliphatic imine (C=N–C) groups is 1. The summed E-state index contributed by atoms with van der Waals surface area (Å²) in [6.07, 6.45) is 4.48. The molecule has 2 heterocycles. The van der Waals surface area contributed by atoms with Crippen molar-refractivity contribution in [1.82, 2.24) is 25.8 Å². The number of aromatic nitrogens is 3. The molecule has 0 saturated heterocycles. The highest BCUT2D eigenvalue weighted by atomic mass is 127. The first-order valence-corrected chi connectivity index (χ1v) is 10.3. The average molecular weight is 526 g/mol. The average Bonchev–Trinajstić information content (AvgIpc) is 3.36. The van der Waals surface area contributed by atoms with Crippen molar-refractivity contribution >= 4 is 41.3 Å². The molecule has 0 amide bonds. The summed E-state index contributed by atoms with van der Waals surface area (Å²) in [4.78, 5) is 14.3. The summed E-state index contributed by atoms with van der Waals surface area (Å²) in [6, 6.07) is 8.22. The number of guanidine groups is 1. The van der Waals surface area contributed by atoms with Crippen molar-refractivity contribution < 1.29 is 4.52 Å². The lowest BCUT2D eigenvalue weighted by Gasteiger charge is -2.11. The number of nitrogens with zero attached hydrogens (tertiary/aromatic N) is 4.